The van der Waals surface area contributed by atoms with Crippen molar-refractivity contribution in [3.8, 4) is 0 Å². The number of nitrogens with one attached hydrogen (secondary N) is 1. The van der Waals surface area contributed by atoms with Crippen molar-refractivity contribution in [1.29, 1.82) is 0 Å². The van der Waals surface area contributed by atoms with Gasteiger partial charge in [-0.3, -0.25) is 0 Å². The molecule has 1 heterocycles. The third-order valence-corrected chi connectivity index (χ3v) is 1.25. The fraction of sp³-hybridized carbons (Fsp3) is 0.800. The van der Waals surface area contributed by atoms with Crippen molar-refractivity contribution in [2.75, 3.05) is 13.2 Å². The summed E-state index contributed by atoms with van der Waals surface area (Å²) in [4.78, 5) is 4.88. The van der Waals surface area contributed by atoms with Crippen molar-refractivity contribution in [2.45, 2.75) is 12.8 Å². The van der Waals surface area contributed by atoms with Crippen molar-refractivity contribution in [3.05, 3.63) is 0 Å². The summed E-state index contributed by atoms with van der Waals surface area (Å²) in [5, 5.41) is 11.4. The Kier molecular flexibility index (Phi) is 2.48. The number of hydrogen-bond acceptors (Lipinski definition) is 4. The quantitative estimate of drug-likeness (QED) is 0.362. The average Bonchev–Trinajstić information content (AvgIpc) is 2.13. The lowest BCUT2D eigenvalue weighted by molar-refractivity contribution is 0.0538. The first-order valence-corrected chi connectivity index (χ1v) is 2.98. The third-order valence-electron chi connectivity index (χ3n) is 1.25. The summed E-state index contributed by atoms with van der Waals surface area (Å²) in [6.45, 7) is 1.33. The number of oxime groups is 1. The molecule has 4 heteroatoms. The van der Waals surface area contributed by atoms with Gasteiger partial charge in [-0.1, -0.05) is 5.16 Å². The Morgan fingerprint density at radius 3 is 3.22 bits per heavy atom. The van der Waals surface area contributed by atoms with Crippen molar-refractivity contribution in [1.82, 2.24) is 5.48 Å². The molecule has 0 unspecified atom stereocenters. The monoisotopic (exact) mass is 130 g/mol. The molecule has 0 bridgehead atoms. The number of rotatable bonds is 0. The van der Waals surface area contributed by atoms with Crippen LogP contribution in [0.15, 0.2) is 5.16 Å². The van der Waals surface area contributed by atoms with Crippen LogP contribution >= 0.6 is 0 Å². The first-order chi connectivity index (χ1) is 4.43. The highest BCUT2D eigenvalue weighted by Crippen LogP contribution is 1.95. The first kappa shape index (κ1) is 6.51. The Hall–Kier alpha value is -0.610. The molecule has 9 heavy (non-hydrogen) atoms. The molecule has 1 aliphatic rings. The summed E-state index contributed by atoms with van der Waals surface area (Å²) in [7, 11) is 0. The normalized spacial score (nSPS) is 26.0. The van der Waals surface area contributed by atoms with Gasteiger partial charge in [0.1, 0.15) is 0 Å². The molecule has 0 aromatic heterocycles. The zero-order valence-electron chi connectivity index (χ0n) is 5.13. The van der Waals surface area contributed by atoms with E-state index in [1.54, 1.807) is 0 Å². The van der Waals surface area contributed by atoms with Gasteiger partial charge >= 0.3 is 0 Å². The molecule has 0 saturated carbocycles. The van der Waals surface area contributed by atoms with Gasteiger partial charge in [-0.05, 0) is 0 Å². The SMILES string of the molecule is ON=C1CCNOCC1. The van der Waals surface area contributed by atoms with Gasteiger partial charge in [0.25, 0.3) is 0 Å². The van der Waals surface area contributed by atoms with E-state index in [0.717, 1.165) is 25.1 Å². The second kappa shape index (κ2) is 3.42. The Morgan fingerprint density at radius 2 is 2.44 bits per heavy atom. The first-order valence-electron chi connectivity index (χ1n) is 2.98. The van der Waals surface area contributed by atoms with Crippen LogP contribution in [0.3, 0.4) is 0 Å². The standard InChI is InChI=1S/C5H10N2O2/c8-7-5-1-3-6-9-4-2-5/h6,8H,1-4H2. The summed E-state index contributed by atoms with van der Waals surface area (Å²) in [6.07, 6.45) is 1.50. The lowest BCUT2D eigenvalue weighted by Crippen LogP contribution is -2.13. The van der Waals surface area contributed by atoms with Crippen LogP contribution in [0.4, 0.5) is 0 Å². The van der Waals surface area contributed by atoms with Crippen LogP contribution in [0.25, 0.3) is 0 Å². The van der Waals surface area contributed by atoms with E-state index in [1.807, 2.05) is 0 Å². The average molecular weight is 130 g/mol. The Balaban J connectivity index is 2.36. The fourth-order valence-electron chi connectivity index (χ4n) is 0.734. The highest BCUT2D eigenvalue weighted by atomic mass is 16.6. The zero-order chi connectivity index (χ0) is 6.53. The van der Waals surface area contributed by atoms with E-state index < -0.39 is 0 Å². The lowest BCUT2D eigenvalue weighted by Gasteiger charge is -1.93. The topological polar surface area (TPSA) is 53.9 Å². The zero-order valence-corrected chi connectivity index (χ0v) is 5.13. The molecule has 4 nitrogen and oxygen atoms in total. The second-order valence-corrected chi connectivity index (χ2v) is 1.91. The van der Waals surface area contributed by atoms with E-state index in [9.17, 15) is 0 Å². The van der Waals surface area contributed by atoms with Gasteiger partial charge in [-0.25, -0.2) is 5.48 Å². The number of hydrogen-bond donors (Lipinski definition) is 2. The van der Waals surface area contributed by atoms with E-state index in [0.29, 0.717) is 6.61 Å². The summed E-state index contributed by atoms with van der Waals surface area (Å²) < 4.78 is 0. The molecule has 0 amide bonds. The lowest BCUT2D eigenvalue weighted by atomic mass is 10.2. The summed E-state index contributed by atoms with van der Waals surface area (Å²) >= 11 is 0. The predicted molar refractivity (Wildman–Crippen MR) is 32.4 cm³/mol. The van der Waals surface area contributed by atoms with Crippen molar-refractivity contribution >= 4 is 5.71 Å². The highest BCUT2D eigenvalue weighted by Gasteiger charge is 2.04. The molecule has 0 aromatic carbocycles. The van der Waals surface area contributed by atoms with E-state index >= 15 is 0 Å². The maximum Gasteiger partial charge on any atom is 0.0735 e. The van der Waals surface area contributed by atoms with Gasteiger partial charge in [-0.15, -0.1) is 0 Å². The van der Waals surface area contributed by atoms with E-state index in [4.69, 9.17) is 10.0 Å². The molecule has 1 aliphatic heterocycles. The minimum atomic E-state index is 0.597. The van der Waals surface area contributed by atoms with Crippen molar-refractivity contribution in [3.63, 3.8) is 0 Å². The second-order valence-electron chi connectivity index (χ2n) is 1.91. The summed E-state index contributed by atoms with van der Waals surface area (Å²) in [6, 6.07) is 0. The third kappa shape index (κ3) is 1.99. The van der Waals surface area contributed by atoms with Gasteiger partial charge in [0, 0.05) is 19.4 Å². The van der Waals surface area contributed by atoms with Crippen LogP contribution < -0.4 is 5.48 Å². The van der Waals surface area contributed by atoms with Crippen LogP contribution in [-0.2, 0) is 4.84 Å². The molecule has 0 atom stereocenters. The maximum atomic E-state index is 8.32. The number of nitrogens with zero attached hydrogens (tertiary/aromatic N) is 1. The fourth-order valence-corrected chi connectivity index (χ4v) is 0.734. The molecule has 1 rings (SSSR count). The van der Waals surface area contributed by atoms with Gasteiger partial charge < -0.3 is 10.0 Å². The van der Waals surface area contributed by atoms with E-state index in [1.165, 1.54) is 0 Å². The van der Waals surface area contributed by atoms with Crippen molar-refractivity contribution in [2.24, 2.45) is 5.16 Å². The van der Waals surface area contributed by atoms with Gasteiger partial charge in [0.15, 0.2) is 0 Å². The Bertz CT molecular complexity index is 104. The predicted octanol–water partition coefficient (Wildman–Crippen LogP) is 0.132. The molecule has 0 aromatic rings. The van der Waals surface area contributed by atoms with Crippen LogP contribution in [0.2, 0.25) is 0 Å². The molecular weight excluding hydrogens is 120 g/mol. The highest BCUT2D eigenvalue weighted by molar-refractivity contribution is 5.84. The van der Waals surface area contributed by atoms with Crippen LogP contribution in [-0.4, -0.2) is 24.1 Å². The molecular formula is C5H10N2O2. The van der Waals surface area contributed by atoms with Crippen LogP contribution in [0.5, 0.6) is 0 Å². The van der Waals surface area contributed by atoms with Crippen molar-refractivity contribution < 1.29 is 10.0 Å². The molecule has 0 aliphatic carbocycles. The molecule has 1 fully saturated rings. The van der Waals surface area contributed by atoms with E-state index in [2.05, 4.69) is 10.6 Å². The largest absolute Gasteiger partial charge is 0.411 e. The Morgan fingerprint density at radius 1 is 1.56 bits per heavy atom. The smallest absolute Gasteiger partial charge is 0.0735 e. The Labute approximate surface area is 53.5 Å². The molecule has 1 saturated heterocycles. The summed E-state index contributed by atoms with van der Waals surface area (Å²) in [5.41, 5.74) is 3.53. The van der Waals surface area contributed by atoms with E-state index in [-0.39, 0.29) is 0 Å². The van der Waals surface area contributed by atoms with Crippen LogP contribution in [0, 0.1) is 0 Å². The minimum absolute atomic E-state index is 0.597. The minimum Gasteiger partial charge on any atom is -0.411 e. The molecule has 52 valence electrons. The van der Waals surface area contributed by atoms with Gasteiger partial charge in [0.05, 0.1) is 12.3 Å². The maximum absolute atomic E-state index is 8.32. The molecule has 0 spiro atoms. The molecule has 0 radical (unpaired) electrons. The van der Waals surface area contributed by atoms with Gasteiger partial charge in [-0.2, -0.15) is 0 Å². The molecule has 2 N–H and O–H groups in total. The number of hydroxylamine groups is 1. The van der Waals surface area contributed by atoms with Crippen LogP contribution in [0.1, 0.15) is 12.8 Å². The summed E-state index contributed by atoms with van der Waals surface area (Å²) in [5.74, 6) is 0. The van der Waals surface area contributed by atoms with Gasteiger partial charge in [0.2, 0.25) is 0 Å².